The van der Waals surface area contributed by atoms with E-state index in [2.05, 4.69) is 5.25 Å². The van der Waals surface area contributed by atoms with E-state index in [-0.39, 0.29) is 0 Å². The predicted octanol–water partition coefficient (Wildman–Crippen LogP) is 4.06. The van der Waals surface area contributed by atoms with Crippen LogP contribution in [0, 0.1) is 11.7 Å². The summed E-state index contributed by atoms with van der Waals surface area (Å²) in [5.74, 6) is 0. The molecule has 0 saturated heterocycles. The molecule has 0 atom stereocenters. The first kappa shape index (κ1) is 10.7. The van der Waals surface area contributed by atoms with Crippen LogP contribution < -0.4 is 4.31 Å². The molecule has 0 aliphatic carbocycles. The maximum absolute atomic E-state index is 5.38. The SMILES string of the molecule is C#CSN(c1ccccc1)c1ccccc1. The second-order valence-electron chi connectivity index (χ2n) is 3.17. The molecule has 0 aliphatic heterocycles. The van der Waals surface area contributed by atoms with E-state index in [9.17, 15) is 0 Å². The predicted molar refractivity (Wildman–Crippen MR) is 71.4 cm³/mol. The van der Waals surface area contributed by atoms with Crippen molar-refractivity contribution in [2.45, 2.75) is 0 Å². The second kappa shape index (κ2) is 5.29. The lowest BCUT2D eigenvalue weighted by Gasteiger charge is -2.20. The number of hydrogen-bond donors (Lipinski definition) is 0. The molecule has 0 unspecified atom stereocenters. The molecule has 16 heavy (non-hydrogen) atoms. The summed E-state index contributed by atoms with van der Waals surface area (Å²) in [5.41, 5.74) is 2.16. The smallest absolute Gasteiger partial charge is 0.0534 e. The van der Waals surface area contributed by atoms with Gasteiger partial charge in [-0.15, -0.1) is 6.42 Å². The lowest BCUT2D eigenvalue weighted by Crippen LogP contribution is -2.04. The van der Waals surface area contributed by atoms with Crippen molar-refractivity contribution in [3.05, 3.63) is 60.7 Å². The number of rotatable bonds is 3. The number of hydrogen-bond acceptors (Lipinski definition) is 2. The third-order valence-corrected chi connectivity index (χ3v) is 2.84. The van der Waals surface area contributed by atoms with Gasteiger partial charge < -0.3 is 0 Å². The number of para-hydroxylation sites is 2. The maximum atomic E-state index is 5.38. The molecule has 0 fully saturated rings. The molecule has 2 heteroatoms. The highest BCUT2D eigenvalue weighted by atomic mass is 32.2. The minimum atomic E-state index is 1.08. The van der Waals surface area contributed by atoms with Crippen LogP contribution in [0.3, 0.4) is 0 Å². The minimum absolute atomic E-state index is 1.08. The summed E-state index contributed by atoms with van der Waals surface area (Å²) in [6, 6.07) is 20.2. The molecule has 0 N–H and O–H groups in total. The van der Waals surface area contributed by atoms with Gasteiger partial charge in [0.2, 0.25) is 0 Å². The van der Waals surface area contributed by atoms with Crippen LogP contribution in [0.5, 0.6) is 0 Å². The van der Waals surface area contributed by atoms with Gasteiger partial charge >= 0.3 is 0 Å². The molecule has 2 rings (SSSR count). The minimum Gasteiger partial charge on any atom is -0.274 e. The zero-order valence-electron chi connectivity index (χ0n) is 8.71. The van der Waals surface area contributed by atoms with Crippen LogP contribution in [0.4, 0.5) is 11.4 Å². The van der Waals surface area contributed by atoms with Gasteiger partial charge in [0.15, 0.2) is 0 Å². The van der Waals surface area contributed by atoms with Gasteiger partial charge in [-0.3, -0.25) is 4.31 Å². The zero-order valence-corrected chi connectivity index (χ0v) is 9.52. The van der Waals surface area contributed by atoms with Gasteiger partial charge in [0.25, 0.3) is 0 Å². The second-order valence-corrected chi connectivity index (χ2v) is 3.96. The van der Waals surface area contributed by atoms with Gasteiger partial charge in [0.05, 0.1) is 11.4 Å². The fourth-order valence-corrected chi connectivity index (χ4v) is 1.99. The Morgan fingerprint density at radius 1 is 0.812 bits per heavy atom. The molecule has 0 bridgehead atoms. The van der Waals surface area contributed by atoms with Gasteiger partial charge in [-0.2, -0.15) is 0 Å². The lowest BCUT2D eigenvalue weighted by molar-refractivity contribution is 1.44. The fourth-order valence-electron chi connectivity index (χ4n) is 1.43. The number of anilines is 2. The molecule has 0 heterocycles. The topological polar surface area (TPSA) is 3.24 Å². The number of benzene rings is 2. The van der Waals surface area contributed by atoms with Crippen molar-refractivity contribution in [3.8, 4) is 11.7 Å². The Labute approximate surface area is 100 Å². The van der Waals surface area contributed by atoms with E-state index in [1.165, 1.54) is 11.9 Å². The average molecular weight is 225 g/mol. The van der Waals surface area contributed by atoms with Gasteiger partial charge in [-0.1, -0.05) is 36.4 Å². The molecular weight excluding hydrogens is 214 g/mol. The quantitative estimate of drug-likeness (QED) is 0.572. The average Bonchev–Trinajstić information content (AvgIpc) is 2.38. The summed E-state index contributed by atoms with van der Waals surface area (Å²) >= 11 is 1.34. The summed E-state index contributed by atoms with van der Waals surface area (Å²) in [5, 5.41) is 2.61. The van der Waals surface area contributed by atoms with Crippen LogP contribution in [-0.4, -0.2) is 0 Å². The Kier molecular flexibility index (Phi) is 3.53. The van der Waals surface area contributed by atoms with Crippen LogP contribution in [0.25, 0.3) is 0 Å². The lowest BCUT2D eigenvalue weighted by atomic mass is 10.3. The monoisotopic (exact) mass is 225 g/mol. The highest BCUT2D eigenvalue weighted by molar-refractivity contribution is 8.05. The van der Waals surface area contributed by atoms with Crippen LogP contribution >= 0.6 is 11.9 Å². The molecule has 1 nitrogen and oxygen atoms in total. The Bertz CT molecular complexity index is 434. The highest BCUT2D eigenvalue weighted by Crippen LogP contribution is 2.31. The summed E-state index contributed by atoms with van der Waals surface area (Å²) in [4.78, 5) is 0. The van der Waals surface area contributed by atoms with Gasteiger partial charge in [-0.05, 0) is 29.5 Å². The Balaban J connectivity index is 2.36. The molecular formula is C14H11NS. The third-order valence-electron chi connectivity index (χ3n) is 2.13. The molecule has 78 valence electrons. The molecule has 0 aromatic heterocycles. The number of terminal acetylenes is 1. The van der Waals surface area contributed by atoms with Crippen LogP contribution in [0.1, 0.15) is 0 Å². The fraction of sp³-hybridized carbons (Fsp3) is 0. The van der Waals surface area contributed by atoms with Crippen molar-refractivity contribution in [3.63, 3.8) is 0 Å². The first-order valence-electron chi connectivity index (χ1n) is 4.94. The van der Waals surface area contributed by atoms with Gasteiger partial charge in [0, 0.05) is 11.9 Å². The maximum Gasteiger partial charge on any atom is 0.0534 e. The Morgan fingerprint density at radius 3 is 1.62 bits per heavy atom. The van der Waals surface area contributed by atoms with E-state index in [0.717, 1.165) is 11.4 Å². The normalized spacial score (nSPS) is 9.44. The van der Waals surface area contributed by atoms with E-state index in [1.54, 1.807) is 0 Å². The third kappa shape index (κ3) is 2.39. The van der Waals surface area contributed by atoms with Crippen LogP contribution in [0.15, 0.2) is 60.7 Å². The van der Waals surface area contributed by atoms with Crippen LogP contribution in [0.2, 0.25) is 0 Å². The molecule has 0 amide bonds. The molecule has 2 aromatic carbocycles. The van der Waals surface area contributed by atoms with Crippen molar-refractivity contribution in [2.24, 2.45) is 0 Å². The van der Waals surface area contributed by atoms with Crippen molar-refractivity contribution < 1.29 is 0 Å². The summed E-state index contributed by atoms with van der Waals surface area (Å²) in [7, 11) is 0. The first-order chi connectivity index (χ1) is 7.92. The summed E-state index contributed by atoms with van der Waals surface area (Å²) < 4.78 is 2.03. The zero-order chi connectivity index (χ0) is 11.2. The van der Waals surface area contributed by atoms with E-state index >= 15 is 0 Å². The van der Waals surface area contributed by atoms with Gasteiger partial charge in [-0.25, -0.2) is 0 Å². The van der Waals surface area contributed by atoms with Crippen molar-refractivity contribution in [1.29, 1.82) is 0 Å². The van der Waals surface area contributed by atoms with E-state index in [4.69, 9.17) is 6.42 Å². The Hall–Kier alpha value is -1.85. The molecule has 0 spiro atoms. The largest absolute Gasteiger partial charge is 0.274 e. The summed E-state index contributed by atoms with van der Waals surface area (Å²) in [6.07, 6.45) is 5.38. The molecule has 0 saturated carbocycles. The van der Waals surface area contributed by atoms with Crippen molar-refractivity contribution >= 4 is 23.3 Å². The molecule has 2 aromatic rings. The van der Waals surface area contributed by atoms with Crippen LogP contribution in [-0.2, 0) is 0 Å². The highest BCUT2D eigenvalue weighted by Gasteiger charge is 2.07. The van der Waals surface area contributed by atoms with Gasteiger partial charge in [0.1, 0.15) is 0 Å². The molecule has 0 radical (unpaired) electrons. The standard InChI is InChI=1S/C14H11NS/c1-2-16-15(13-9-5-3-6-10-13)14-11-7-4-8-12-14/h1,3-12H. The molecule has 0 aliphatic rings. The number of nitrogens with zero attached hydrogens (tertiary/aromatic N) is 1. The first-order valence-corrected chi connectivity index (χ1v) is 5.72. The summed E-state index contributed by atoms with van der Waals surface area (Å²) in [6.45, 7) is 0. The Morgan fingerprint density at radius 2 is 1.25 bits per heavy atom. The van der Waals surface area contributed by atoms with Crippen molar-refractivity contribution in [1.82, 2.24) is 0 Å². The van der Waals surface area contributed by atoms with E-state index in [1.807, 2.05) is 65.0 Å². The van der Waals surface area contributed by atoms with E-state index < -0.39 is 0 Å². The van der Waals surface area contributed by atoms with E-state index in [0.29, 0.717) is 0 Å². The van der Waals surface area contributed by atoms with Crippen molar-refractivity contribution in [2.75, 3.05) is 4.31 Å².